The molecule has 2 aromatic carbocycles. The highest BCUT2D eigenvalue weighted by Gasteiger charge is 2.18. The number of rotatable bonds is 6. The van der Waals surface area contributed by atoms with E-state index < -0.39 is 0 Å². The van der Waals surface area contributed by atoms with Crippen molar-refractivity contribution in [1.82, 2.24) is 15.1 Å². The molecule has 1 aliphatic rings. The number of nitrogens with zero attached hydrogens (tertiary/aromatic N) is 2. The number of para-hydroxylation sites is 1. The van der Waals surface area contributed by atoms with Crippen LogP contribution in [-0.2, 0) is 13.1 Å². The number of hydrogen-bond donors (Lipinski definition) is 1. The van der Waals surface area contributed by atoms with Gasteiger partial charge in [0.2, 0.25) is 5.75 Å². The standard InChI is InChI=1S/C20H21N3O3/c1-24-18-11-15(12-19-20(18)26-10-9-25-19)13-21-14-16-5-2-3-6-17(16)23-8-4-7-22-23/h2-8,11-12,21H,9-10,13-14H2,1H3. The van der Waals surface area contributed by atoms with Crippen molar-refractivity contribution >= 4 is 0 Å². The molecule has 0 aliphatic carbocycles. The Morgan fingerprint density at radius 2 is 2.00 bits per heavy atom. The van der Waals surface area contributed by atoms with Crippen LogP contribution >= 0.6 is 0 Å². The van der Waals surface area contributed by atoms with E-state index in [9.17, 15) is 0 Å². The summed E-state index contributed by atoms with van der Waals surface area (Å²) in [5.74, 6) is 2.13. The molecule has 1 aromatic heterocycles. The van der Waals surface area contributed by atoms with Crippen LogP contribution in [0.4, 0.5) is 0 Å². The van der Waals surface area contributed by atoms with Crippen molar-refractivity contribution in [3.8, 4) is 22.9 Å². The van der Waals surface area contributed by atoms with E-state index in [0.29, 0.717) is 31.3 Å². The van der Waals surface area contributed by atoms with Gasteiger partial charge in [-0.1, -0.05) is 18.2 Å². The highest BCUT2D eigenvalue weighted by atomic mass is 16.6. The van der Waals surface area contributed by atoms with Crippen LogP contribution in [-0.4, -0.2) is 30.1 Å². The first-order valence-corrected chi connectivity index (χ1v) is 8.60. The molecule has 0 amide bonds. The van der Waals surface area contributed by atoms with Gasteiger partial charge in [-0.3, -0.25) is 0 Å². The van der Waals surface area contributed by atoms with Crippen molar-refractivity contribution in [2.45, 2.75) is 13.1 Å². The molecule has 0 saturated heterocycles. The van der Waals surface area contributed by atoms with E-state index in [0.717, 1.165) is 23.5 Å². The lowest BCUT2D eigenvalue weighted by Crippen LogP contribution is -2.18. The third-order valence-electron chi connectivity index (χ3n) is 4.28. The van der Waals surface area contributed by atoms with E-state index in [-0.39, 0.29) is 0 Å². The van der Waals surface area contributed by atoms with Gasteiger partial charge in [0.25, 0.3) is 0 Å². The van der Waals surface area contributed by atoms with Gasteiger partial charge in [-0.2, -0.15) is 5.10 Å². The second-order valence-corrected chi connectivity index (χ2v) is 6.01. The molecule has 3 aromatic rings. The summed E-state index contributed by atoms with van der Waals surface area (Å²) in [7, 11) is 1.64. The molecule has 2 heterocycles. The molecule has 6 heteroatoms. The molecule has 1 aliphatic heterocycles. The fourth-order valence-corrected chi connectivity index (χ4v) is 3.07. The van der Waals surface area contributed by atoms with Crippen molar-refractivity contribution < 1.29 is 14.2 Å². The second-order valence-electron chi connectivity index (χ2n) is 6.01. The highest BCUT2D eigenvalue weighted by Crippen LogP contribution is 2.40. The van der Waals surface area contributed by atoms with Crippen LogP contribution in [0.15, 0.2) is 54.9 Å². The van der Waals surface area contributed by atoms with Crippen LogP contribution in [0.25, 0.3) is 5.69 Å². The molecule has 1 N–H and O–H groups in total. The van der Waals surface area contributed by atoms with E-state index in [4.69, 9.17) is 14.2 Å². The van der Waals surface area contributed by atoms with E-state index in [1.54, 1.807) is 13.3 Å². The lowest BCUT2D eigenvalue weighted by atomic mass is 10.1. The molecular formula is C20H21N3O3. The van der Waals surface area contributed by atoms with Gasteiger partial charge in [-0.25, -0.2) is 4.68 Å². The summed E-state index contributed by atoms with van der Waals surface area (Å²) < 4.78 is 18.7. The zero-order valence-corrected chi connectivity index (χ0v) is 14.6. The van der Waals surface area contributed by atoms with Crippen molar-refractivity contribution in [3.63, 3.8) is 0 Å². The van der Waals surface area contributed by atoms with Gasteiger partial charge in [0.15, 0.2) is 11.5 Å². The number of ether oxygens (including phenoxy) is 3. The Labute approximate surface area is 152 Å². The molecule has 0 spiro atoms. The van der Waals surface area contributed by atoms with Crippen LogP contribution in [0.2, 0.25) is 0 Å². The zero-order valence-electron chi connectivity index (χ0n) is 14.6. The van der Waals surface area contributed by atoms with E-state index >= 15 is 0 Å². The van der Waals surface area contributed by atoms with Gasteiger partial charge in [-0.15, -0.1) is 0 Å². The average Bonchev–Trinajstić information content (AvgIpc) is 3.22. The van der Waals surface area contributed by atoms with Crippen molar-refractivity contribution in [2.24, 2.45) is 0 Å². The normalized spacial score (nSPS) is 12.8. The van der Waals surface area contributed by atoms with Crippen molar-refractivity contribution in [3.05, 3.63) is 66.0 Å². The average molecular weight is 351 g/mol. The van der Waals surface area contributed by atoms with E-state index in [2.05, 4.69) is 22.5 Å². The third-order valence-corrected chi connectivity index (χ3v) is 4.28. The number of nitrogens with one attached hydrogen (secondary N) is 1. The summed E-state index contributed by atoms with van der Waals surface area (Å²) in [5.41, 5.74) is 3.34. The predicted octanol–water partition coefficient (Wildman–Crippen LogP) is 2.94. The van der Waals surface area contributed by atoms with E-state index in [1.807, 2.05) is 41.2 Å². The lowest BCUT2D eigenvalue weighted by molar-refractivity contribution is 0.165. The number of benzene rings is 2. The number of hydrogen-bond acceptors (Lipinski definition) is 5. The minimum absolute atomic E-state index is 0.547. The predicted molar refractivity (Wildman–Crippen MR) is 98.1 cm³/mol. The Kier molecular flexibility index (Phi) is 4.75. The summed E-state index contributed by atoms with van der Waals surface area (Å²) in [6, 6.07) is 14.1. The second kappa shape index (κ2) is 7.49. The van der Waals surface area contributed by atoms with Gasteiger partial charge in [0.1, 0.15) is 13.2 Å². The Hall–Kier alpha value is -2.99. The van der Waals surface area contributed by atoms with Crippen LogP contribution in [0.5, 0.6) is 17.2 Å². The first-order valence-electron chi connectivity index (χ1n) is 8.60. The first kappa shape index (κ1) is 16.5. The summed E-state index contributed by atoms with van der Waals surface area (Å²) in [6.45, 7) is 2.53. The van der Waals surface area contributed by atoms with Gasteiger partial charge in [0, 0.05) is 25.5 Å². The topological polar surface area (TPSA) is 57.5 Å². The molecule has 0 bridgehead atoms. The summed E-state index contributed by atoms with van der Waals surface area (Å²) in [6.07, 6.45) is 3.73. The molecule has 134 valence electrons. The highest BCUT2D eigenvalue weighted by molar-refractivity contribution is 5.54. The lowest BCUT2D eigenvalue weighted by Gasteiger charge is -2.21. The van der Waals surface area contributed by atoms with Crippen molar-refractivity contribution in [1.29, 1.82) is 0 Å². The van der Waals surface area contributed by atoms with Crippen LogP contribution in [0.3, 0.4) is 0 Å². The third kappa shape index (κ3) is 3.36. The molecule has 0 atom stereocenters. The van der Waals surface area contributed by atoms with Crippen LogP contribution in [0.1, 0.15) is 11.1 Å². The maximum Gasteiger partial charge on any atom is 0.203 e. The number of aromatic nitrogens is 2. The Bertz CT molecular complexity index is 861. The van der Waals surface area contributed by atoms with E-state index in [1.165, 1.54) is 5.56 Å². The largest absolute Gasteiger partial charge is 0.493 e. The number of fused-ring (bicyclic) bond motifs is 1. The quantitative estimate of drug-likeness (QED) is 0.740. The molecule has 0 fully saturated rings. The van der Waals surface area contributed by atoms with Crippen LogP contribution < -0.4 is 19.5 Å². The van der Waals surface area contributed by atoms with Gasteiger partial charge >= 0.3 is 0 Å². The summed E-state index contributed by atoms with van der Waals surface area (Å²) >= 11 is 0. The van der Waals surface area contributed by atoms with Gasteiger partial charge in [0.05, 0.1) is 12.8 Å². The fraction of sp³-hybridized carbons (Fsp3) is 0.250. The van der Waals surface area contributed by atoms with Crippen molar-refractivity contribution in [2.75, 3.05) is 20.3 Å². The van der Waals surface area contributed by atoms with Crippen LogP contribution in [0, 0.1) is 0 Å². The molecule has 0 unspecified atom stereocenters. The summed E-state index contributed by atoms with van der Waals surface area (Å²) in [4.78, 5) is 0. The molecule has 0 radical (unpaired) electrons. The SMILES string of the molecule is COc1cc(CNCc2ccccc2-n2cccn2)cc2c1OCCO2. The molecule has 4 rings (SSSR count). The molecule has 26 heavy (non-hydrogen) atoms. The molecule has 0 saturated carbocycles. The van der Waals surface area contributed by atoms with Gasteiger partial charge < -0.3 is 19.5 Å². The number of methoxy groups -OCH3 is 1. The fourth-order valence-electron chi connectivity index (χ4n) is 3.07. The summed E-state index contributed by atoms with van der Waals surface area (Å²) in [5, 5.41) is 7.81. The first-order chi connectivity index (χ1) is 12.8. The maximum atomic E-state index is 5.69. The molecule has 6 nitrogen and oxygen atoms in total. The monoisotopic (exact) mass is 351 g/mol. The maximum absolute atomic E-state index is 5.69. The Morgan fingerprint density at radius 1 is 1.12 bits per heavy atom. The Morgan fingerprint density at radius 3 is 2.85 bits per heavy atom. The Balaban J connectivity index is 1.48. The zero-order chi connectivity index (χ0) is 17.8. The minimum atomic E-state index is 0.547. The molecular weight excluding hydrogens is 330 g/mol. The van der Waals surface area contributed by atoms with Gasteiger partial charge in [-0.05, 0) is 35.4 Å². The smallest absolute Gasteiger partial charge is 0.203 e. The minimum Gasteiger partial charge on any atom is -0.493 e.